The number of benzene rings is 1. The Morgan fingerprint density at radius 3 is 2.50 bits per heavy atom. The summed E-state index contributed by atoms with van der Waals surface area (Å²) in [6.07, 6.45) is 4.92. The Hall–Kier alpha value is -3.38. The molecule has 0 spiro atoms. The largest absolute Gasteiger partial charge is 0.495 e. The smallest absolute Gasteiger partial charge is 0.212 e. The molecule has 1 aromatic heterocycles. The second-order valence-corrected chi connectivity index (χ2v) is 11.0. The molecule has 2 aromatic rings. The number of hydrogen-bond acceptors (Lipinski definition) is 8. The van der Waals surface area contributed by atoms with E-state index < -0.39 is 5.60 Å². The van der Waals surface area contributed by atoms with Gasteiger partial charge in [-0.1, -0.05) is 27.7 Å². The molecule has 2 fully saturated rings. The summed E-state index contributed by atoms with van der Waals surface area (Å²) >= 11 is 0. The number of carbonyl (C=O) groups excluding carboxylic acids is 1. The molecule has 0 radical (unpaired) electrons. The van der Waals surface area contributed by atoms with Crippen LogP contribution < -0.4 is 19.7 Å². The Balaban J connectivity index is 1.84. The van der Waals surface area contributed by atoms with Gasteiger partial charge in [0.15, 0.2) is 11.4 Å². The molecule has 1 saturated carbocycles. The van der Waals surface area contributed by atoms with Gasteiger partial charge in [0.05, 0.1) is 18.9 Å². The zero-order valence-corrected chi connectivity index (χ0v) is 21.7. The lowest BCUT2D eigenvalue weighted by molar-refractivity contribution is -0.240. The summed E-state index contributed by atoms with van der Waals surface area (Å²) < 4.78 is 12.3. The molecule has 1 aliphatic carbocycles. The standard InChI is InChI=1S/C27H35N5O4/c1-25(2)16-26(3,4)27(25,36-20-7-6-19(13-28)21(12-20)35-5)23-24(30-17-34)29-14-22(31-23)32-10-8-18(15-33)9-11-32/h6-7,12,14,17-18,33H,8-11,15-16H2,1-5H3,(H,29,30,34). The van der Waals surface area contributed by atoms with Crippen molar-refractivity contribution in [1.82, 2.24) is 9.97 Å². The number of piperidine rings is 1. The highest BCUT2D eigenvalue weighted by atomic mass is 16.5. The first-order chi connectivity index (χ1) is 17.1. The molecular formula is C27H35N5O4. The minimum Gasteiger partial charge on any atom is -0.495 e. The Bertz CT molecular complexity index is 1150. The summed E-state index contributed by atoms with van der Waals surface area (Å²) in [5.41, 5.74) is -0.650. The third-order valence-electron chi connectivity index (χ3n) is 7.84. The van der Waals surface area contributed by atoms with Gasteiger partial charge in [-0.2, -0.15) is 5.26 Å². The van der Waals surface area contributed by atoms with Crippen molar-refractivity contribution < 1.29 is 19.4 Å². The number of aliphatic hydroxyl groups is 1. The number of amides is 1. The highest BCUT2D eigenvalue weighted by molar-refractivity contribution is 5.71. The first-order valence-corrected chi connectivity index (χ1v) is 12.3. The molecule has 0 unspecified atom stereocenters. The van der Waals surface area contributed by atoms with Crippen molar-refractivity contribution in [2.75, 3.05) is 37.0 Å². The second-order valence-electron chi connectivity index (χ2n) is 11.0. The van der Waals surface area contributed by atoms with Gasteiger partial charge in [-0.25, -0.2) is 9.97 Å². The lowest BCUT2D eigenvalue weighted by Gasteiger charge is -2.65. The molecular weight excluding hydrogens is 458 g/mol. The number of rotatable bonds is 8. The van der Waals surface area contributed by atoms with Crippen LogP contribution >= 0.6 is 0 Å². The average molecular weight is 494 g/mol. The molecule has 2 heterocycles. The van der Waals surface area contributed by atoms with Crippen molar-refractivity contribution in [1.29, 1.82) is 5.26 Å². The zero-order valence-electron chi connectivity index (χ0n) is 21.7. The number of nitrogens with zero attached hydrogens (tertiary/aromatic N) is 4. The number of methoxy groups -OCH3 is 1. The van der Waals surface area contributed by atoms with E-state index in [4.69, 9.17) is 14.5 Å². The van der Waals surface area contributed by atoms with Crippen LogP contribution in [0.15, 0.2) is 24.4 Å². The zero-order chi connectivity index (χ0) is 26.1. The van der Waals surface area contributed by atoms with Gasteiger partial charge in [-0.05, 0) is 37.3 Å². The lowest BCUT2D eigenvalue weighted by Crippen LogP contribution is -2.67. The van der Waals surface area contributed by atoms with Crippen LogP contribution in [0.3, 0.4) is 0 Å². The van der Waals surface area contributed by atoms with Crippen molar-refractivity contribution in [3.63, 3.8) is 0 Å². The van der Waals surface area contributed by atoms with Gasteiger partial charge in [-0.15, -0.1) is 0 Å². The highest BCUT2D eigenvalue weighted by Crippen LogP contribution is 2.69. The molecule has 9 nitrogen and oxygen atoms in total. The summed E-state index contributed by atoms with van der Waals surface area (Å²) in [5, 5.41) is 21.7. The maximum atomic E-state index is 11.5. The second kappa shape index (κ2) is 9.58. The molecule has 0 atom stereocenters. The molecule has 2 aliphatic rings. The molecule has 36 heavy (non-hydrogen) atoms. The van der Waals surface area contributed by atoms with E-state index in [-0.39, 0.29) is 17.4 Å². The topological polar surface area (TPSA) is 121 Å². The van der Waals surface area contributed by atoms with Gasteiger partial charge in [0.2, 0.25) is 6.41 Å². The Morgan fingerprint density at radius 1 is 1.25 bits per heavy atom. The van der Waals surface area contributed by atoms with E-state index in [1.54, 1.807) is 24.4 Å². The quantitative estimate of drug-likeness (QED) is 0.532. The fourth-order valence-electron chi connectivity index (χ4n) is 6.42. The highest BCUT2D eigenvalue weighted by Gasteiger charge is 2.70. The number of ether oxygens (including phenoxy) is 2. The number of carbonyl (C=O) groups is 1. The minimum atomic E-state index is -0.934. The third kappa shape index (κ3) is 4.13. The summed E-state index contributed by atoms with van der Waals surface area (Å²) in [7, 11) is 1.52. The van der Waals surface area contributed by atoms with E-state index >= 15 is 0 Å². The Kier molecular flexibility index (Phi) is 6.84. The van der Waals surface area contributed by atoms with E-state index in [1.807, 2.05) is 0 Å². The van der Waals surface area contributed by atoms with E-state index in [2.05, 4.69) is 49.0 Å². The molecule has 4 rings (SSSR count). The molecule has 192 valence electrons. The van der Waals surface area contributed by atoms with Gasteiger partial charge in [-0.3, -0.25) is 4.79 Å². The molecule has 9 heteroatoms. The van der Waals surface area contributed by atoms with Crippen LogP contribution in [0.4, 0.5) is 11.6 Å². The van der Waals surface area contributed by atoms with Crippen LogP contribution in [0.2, 0.25) is 0 Å². The van der Waals surface area contributed by atoms with Crippen molar-refractivity contribution in [2.24, 2.45) is 16.7 Å². The van der Waals surface area contributed by atoms with E-state index in [9.17, 15) is 15.2 Å². The maximum Gasteiger partial charge on any atom is 0.212 e. The van der Waals surface area contributed by atoms with Crippen LogP contribution in [0, 0.1) is 28.1 Å². The molecule has 1 aliphatic heterocycles. The Morgan fingerprint density at radius 2 is 1.94 bits per heavy atom. The number of nitriles is 1. The number of aromatic nitrogens is 2. The fraction of sp³-hybridized carbons (Fsp3) is 0.556. The summed E-state index contributed by atoms with van der Waals surface area (Å²) in [6.45, 7) is 10.3. The summed E-state index contributed by atoms with van der Waals surface area (Å²) in [5.74, 6) is 2.35. The predicted molar refractivity (Wildman–Crippen MR) is 136 cm³/mol. The molecule has 1 amide bonds. The molecule has 2 N–H and O–H groups in total. The number of hydrogen-bond donors (Lipinski definition) is 2. The van der Waals surface area contributed by atoms with Gasteiger partial charge in [0.1, 0.15) is 29.1 Å². The van der Waals surface area contributed by atoms with E-state index in [1.165, 1.54) is 7.11 Å². The lowest BCUT2D eigenvalue weighted by atomic mass is 9.43. The number of nitrogens with one attached hydrogen (secondary N) is 1. The van der Waals surface area contributed by atoms with E-state index in [0.29, 0.717) is 40.9 Å². The van der Waals surface area contributed by atoms with Crippen molar-refractivity contribution >= 4 is 18.0 Å². The van der Waals surface area contributed by atoms with Crippen LogP contribution in [-0.4, -0.2) is 48.3 Å². The Labute approximate surface area is 212 Å². The summed E-state index contributed by atoms with van der Waals surface area (Å²) in [4.78, 5) is 23.4. The number of aliphatic hydroxyl groups excluding tert-OH is 1. The third-order valence-corrected chi connectivity index (χ3v) is 7.84. The SMILES string of the molecule is COc1cc(OC2(c3nc(N4CCC(CO)CC4)cnc3NC=O)C(C)(C)CC2(C)C)ccc1C#N. The van der Waals surface area contributed by atoms with Crippen LogP contribution in [0.25, 0.3) is 0 Å². The molecule has 1 aromatic carbocycles. The van der Waals surface area contributed by atoms with Gasteiger partial charge in [0, 0.05) is 36.6 Å². The van der Waals surface area contributed by atoms with Gasteiger partial charge in [0.25, 0.3) is 0 Å². The van der Waals surface area contributed by atoms with Crippen molar-refractivity contribution in [3.8, 4) is 17.6 Å². The van der Waals surface area contributed by atoms with Gasteiger partial charge >= 0.3 is 0 Å². The van der Waals surface area contributed by atoms with Gasteiger partial charge < -0.3 is 24.8 Å². The average Bonchev–Trinajstić information content (AvgIpc) is 2.86. The fourth-order valence-corrected chi connectivity index (χ4v) is 6.42. The first kappa shape index (κ1) is 25.7. The van der Waals surface area contributed by atoms with Crippen molar-refractivity contribution in [3.05, 3.63) is 35.7 Å². The van der Waals surface area contributed by atoms with Crippen molar-refractivity contribution in [2.45, 2.75) is 52.6 Å². The predicted octanol–water partition coefficient (Wildman–Crippen LogP) is 3.86. The van der Waals surface area contributed by atoms with Crippen LogP contribution in [-0.2, 0) is 10.4 Å². The molecule has 0 bridgehead atoms. The van der Waals surface area contributed by atoms with Crippen LogP contribution in [0.5, 0.6) is 11.5 Å². The molecule has 1 saturated heterocycles. The normalized spacial score (nSPS) is 20.1. The van der Waals surface area contributed by atoms with Crippen LogP contribution in [0.1, 0.15) is 58.2 Å². The van der Waals surface area contributed by atoms with E-state index in [0.717, 1.165) is 38.2 Å². The summed E-state index contributed by atoms with van der Waals surface area (Å²) in [6, 6.07) is 7.29. The maximum absolute atomic E-state index is 11.5. The first-order valence-electron chi connectivity index (χ1n) is 12.3. The number of anilines is 2. The minimum absolute atomic E-state index is 0.195. The monoisotopic (exact) mass is 493 g/mol.